The van der Waals surface area contributed by atoms with Gasteiger partial charge in [-0.2, -0.15) is 0 Å². The molecule has 3 aromatic rings. The molecular weight excluding hydrogens is 420 g/mol. The second-order valence-electron chi connectivity index (χ2n) is 4.90. The lowest BCUT2D eigenvalue weighted by Gasteiger charge is -2.10. The molecular formula is C17H9BrCl3NO. The molecule has 6 heteroatoms. The number of hydrogen-bond acceptors (Lipinski definition) is 2. The van der Waals surface area contributed by atoms with Crippen molar-refractivity contribution in [3.8, 4) is 11.3 Å². The summed E-state index contributed by atoms with van der Waals surface area (Å²) >= 11 is 21.3. The van der Waals surface area contributed by atoms with Crippen LogP contribution in [0.15, 0.2) is 42.5 Å². The van der Waals surface area contributed by atoms with Crippen LogP contribution in [0.3, 0.4) is 0 Å². The fraction of sp³-hybridized carbons (Fsp3) is 0.0588. The largest absolute Gasteiger partial charge is 0.293 e. The van der Waals surface area contributed by atoms with E-state index in [-0.39, 0.29) is 11.1 Å². The maximum atomic E-state index is 12.3. The van der Waals surface area contributed by atoms with E-state index in [1.54, 1.807) is 30.3 Å². The highest BCUT2D eigenvalue weighted by Gasteiger charge is 2.15. The van der Waals surface area contributed by atoms with Crippen LogP contribution in [0.4, 0.5) is 0 Å². The van der Waals surface area contributed by atoms with Gasteiger partial charge in [0, 0.05) is 21.5 Å². The molecule has 0 spiro atoms. The van der Waals surface area contributed by atoms with Crippen molar-refractivity contribution >= 4 is 67.4 Å². The van der Waals surface area contributed by atoms with Gasteiger partial charge >= 0.3 is 0 Å². The van der Waals surface area contributed by atoms with E-state index in [1.807, 2.05) is 12.1 Å². The Bertz CT molecular complexity index is 910. The highest BCUT2D eigenvalue weighted by Crippen LogP contribution is 2.32. The van der Waals surface area contributed by atoms with Crippen molar-refractivity contribution in [3.63, 3.8) is 0 Å². The van der Waals surface area contributed by atoms with E-state index in [1.165, 1.54) is 0 Å². The van der Waals surface area contributed by atoms with Gasteiger partial charge in [-0.1, -0.05) is 62.9 Å². The molecule has 3 rings (SSSR count). The van der Waals surface area contributed by atoms with E-state index in [4.69, 9.17) is 34.8 Å². The molecule has 0 aliphatic rings. The first kappa shape index (κ1) is 16.7. The maximum absolute atomic E-state index is 12.3. The van der Waals surface area contributed by atoms with E-state index >= 15 is 0 Å². The van der Waals surface area contributed by atoms with Gasteiger partial charge in [0.05, 0.1) is 26.6 Å². The first-order valence-electron chi connectivity index (χ1n) is 6.64. The molecule has 0 aliphatic heterocycles. The Morgan fingerprint density at radius 2 is 1.65 bits per heavy atom. The highest BCUT2D eigenvalue weighted by atomic mass is 79.9. The zero-order valence-electron chi connectivity index (χ0n) is 11.6. The van der Waals surface area contributed by atoms with Crippen molar-refractivity contribution in [3.05, 3.63) is 63.1 Å². The molecule has 0 amide bonds. The van der Waals surface area contributed by atoms with Crippen molar-refractivity contribution in [2.45, 2.75) is 0 Å². The van der Waals surface area contributed by atoms with Gasteiger partial charge in [0.15, 0.2) is 5.78 Å². The first-order chi connectivity index (χ1) is 11.0. The molecule has 1 heterocycles. The highest BCUT2D eigenvalue weighted by molar-refractivity contribution is 9.09. The zero-order chi connectivity index (χ0) is 16.6. The summed E-state index contributed by atoms with van der Waals surface area (Å²) in [7, 11) is 0. The fourth-order valence-electron chi connectivity index (χ4n) is 2.29. The molecule has 0 unspecified atom stereocenters. The number of Topliss-reactive ketones (excluding diaryl/α,β-unsaturated/α-hetero) is 1. The Morgan fingerprint density at radius 1 is 1.00 bits per heavy atom. The van der Waals surface area contributed by atoms with Gasteiger partial charge in [-0.3, -0.25) is 4.79 Å². The summed E-state index contributed by atoms with van der Waals surface area (Å²) in [5.41, 5.74) is 2.72. The lowest BCUT2D eigenvalue weighted by atomic mass is 10.0. The third-order valence-corrected chi connectivity index (χ3v) is 4.90. The SMILES string of the molecule is O=C(CBr)c1cc(-c2ccc(Cl)cc2)nc2cc(Cl)c(Cl)cc12. The lowest BCUT2D eigenvalue weighted by Crippen LogP contribution is -2.03. The quantitative estimate of drug-likeness (QED) is 0.354. The topological polar surface area (TPSA) is 30.0 Å². The Balaban J connectivity index is 2.30. The van der Waals surface area contributed by atoms with E-state index in [0.717, 1.165) is 5.56 Å². The molecule has 23 heavy (non-hydrogen) atoms. The minimum absolute atomic E-state index is 0.0500. The molecule has 0 saturated heterocycles. The van der Waals surface area contributed by atoms with Gasteiger partial charge in [-0.15, -0.1) is 0 Å². The summed E-state index contributed by atoms with van der Waals surface area (Å²) in [6.07, 6.45) is 0. The second-order valence-corrected chi connectivity index (χ2v) is 6.71. The van der Waals surface area contributed by atoms with Gasteiger partial charge in [0.2, 0.25) is 0 Å². The van der Waals surface area contributed by atoms with Gasteiger partial charge in [-0.25, -0.2) is 4.98 Å². The molecule has 2 nitrogen and oxygen atoms in total. The monoisotopic (exact) mass is 427 g/mol. The average molecular weight is 430 g/mol. The summed E-state index contributed by atoms with van der Waals surface area (Å²) in [5.74, 6) is -0.0500. The molecule has 0 saturated carbocycles. The van der Waals surface area contributed by atoms with Crippen LogP contribution < -0.4 is 0 Å². The summed E-state index contributed by atoms with van der Waals surface area (Å²) < 4.78 is 0. The number of benzene rings is 2. The fourth-order valence-corrected chi connectivity index (χ4v) is 3.04. The first-order valence-corrected chi connectivity index (χ1v) is 8.90. The van der Waals surface area contributed by atoms with Gasteiger partial charge in [-0.05, 0) is 30.3 Å². The van der Waals surface area contributed by atoms with Crippen molar-refractivity contribution in [2.24, 2.45) is 0 Å². The molecule has 0 fully saturated rings. The number of carbonyl (C=O) groups is 1. The number of nitrogens with zero attached hydrogens (tertiary/aromatic N) is 1. The minimum Gasteiger partial charge on any atom is -0.293 e. The smallest absolute Gasteiger partial charge is 0.174 e. The summed E-state index contributed by atoms with van der Waals surface area (Å²) in [6.45, 7) is 0. The summed E-state index contributed by atoms with van der Waals surface area (Å²) in [5, 5.41) is 2.33. The summed E-state index contributed by atoms with van der Waals surface area (Å²) in [6, 6.07) is 12.4. The Kier molecular flexibility index (Phi) is 4.93. The van der Waals surface area contributed by atoms with Crippen LogP contribution in [0.2, 0.25) is 15.1 Å². The number of halogens is 4. The van der Waals surface area contributed by atoms with Crippen molar-refractivity contribution in [1.29, 1.82) is 0 Å². The van der Waals surface area contributed by atoms with Crippen LogP contribution >= 0.6 is 50.7 Å². The van der Waals surface area contributed by atoms with Gasteiger partial charge in [0.1, 0.15) is 0 Å². The van der Waals surface area contributed by atoms with Crippen molar-refractivity contribution in [2.75, 3.05) is 5.33 Å². The number of fused-ring (bicyclic) bond motifs is 1. The number of carbonyl (C=O) groups excluding carboxylic acids is 1. The third-order valence-electron chi connectivity index (χ3n) is 3.41. The van der Waals surface area contributed by atoms with Gasteiger partial charge < -0.3 is 0 Å². The predicted molar refractivity (Wildman–Crippen MR) is 100 cm³/mol. The third kappa shape index (κ3) is 3.38. The molecule has 0 bridgehead atoms. The van der Waals surface area contributed by atoms with Crippen LogP contribution in [0.5, 0.6) is 0 Å². The van der Waals surface area contributed by atoms with Crippen LogP contribution in [0.1, 0.15) is 10.4 Å². The lowest BCUT2D eigenvalue weighted by molar-refractivity contribution is 0.102. The molecule has 0 N–H and O–H groups in total. The van der Waals surface area contributed by atoms with Crippen molar-refractivity contribution < 1.29 is 4.79 Å². The molecule has 0 radical (unpaired) electrons. The van der Waals surface area contributed by atoms with Crippen LogP contribution in [0.25, 0.3) is 22.2 Å². The van der Waals surface area contributed by atoms with Crippen molar-refractivity contribution in [1.82, 2.24) is 4.98 Å². The summed E-state index contributed by atoms with van der Waals surface area (Å²) in [4.78, 5) is 16.9. The van der Waals surface area contributed by atoms with Gasteiger partial charge in [0.25, 0.3) is 0 Å². The standard InChI is InChI=1S/C17H9BrCl3NO/c18-8-17(23)12-6-15(9-1-3-10(19)4-2-9)22-16-7-14(21)13(20)5-11(12)16/h1-7H,8H2. The minimum atomic E-state index is -0.0500. The zero-order valence-corrected chi connectivity index (χ0v) is 15.5. The number of ketones is 1. The Labute approximate surface area is 156 Å². The number of hydrogen-bond donors (Lipinski definition) is 0. The maximum Gasteiger partial charge on any atom is 0.174 e. The number of rotatable bonds is 3. The molecule has 1 aromatic heterocycles. The van der Waals surface area contributed by atoms with E-state index in [9.17, 15) is 4.79 Å². The molecule has 2 aromatic carbocycles. The Hall–Kier alpha value is -1.13. The second kappa shape index (κ2) is 6.78. The van der Waals surface area contributed by atoms with E-state index < -0.39 is 0 Å². The van der Waals surface area contributed by atoms with Crippen LogP contribution in [0, 0.1) is 0 Å². The van der Waals surface area contributed by atoms with E-state index in [2.05, 4.69) is 20.9 Å². The molecule has 116 valence electrons. The number of aromatic nitrogens is 1. The predicted octanol–water partition coefficient (Wildman–Crippen LogP) is 6.44. The van der Waals surface area contributed by atoms with E-state index in [0.29, 0.717) is 37.2 Å². The average Bonchev–Trinajstić information content (AvgIpc) is 2.55. The van der Waals surface area contributed by atoms with Crippen LogP contribution in [-0.4, -0.2) is 16.1 Å². The van der Waals surface area contributed by atoms with Crippen LogP contribution in [-0.2, 0) is 0 Å². The molecule has 0 aliphatic carbocycles. The number of alkyl halides is 1. The molecule has 0 atom stereocenters. The normalized spacial score (nSPS) is 11.0. The number of pyridine rings is 1. The Morgan fingerprint density at radius 3 is 2.30 bits per heavy atom.